The van der Waals surface area contributed by atoms with Crippen LogP contribution in [-0.2, 0) is 0 Å². The minimum absolute atomic E-state index is 1.14. The number of anilines is 3. The molecule has 11 aromatic rings. The topological polar surface area (TPSA) is 34.8 Å². The van der Waals surface area contributed by atoms with Crippen LogP contribution in [0.15, 0.2) is 212 Å². The number of nitrogens with one attached hydrogen (secondary N) is 2. The maximum atomic E-state index is 3.81. The van der Waals surface area contributed by atoms with Crippen LogP contribution < -0.4 is 25.6 Å². The summed E-state index contributed by atoms with van der Waals surface area (Å²) >= 11 is 0. The summed E-state index contributed by atoms with van der Waals surface area (Å²) in [5.74, 6) is 0. The second kappa shape index (κ2) is 12.8. The molecule has 0 fully saturated rings. The van der Waals surface area contributed by atoms with Crippen LogP contribution in [0.1, 0.15) is 0 Å². The van der Waals surface area contributed by atoms with E-state index in [9.17, 15) is 0 Å². The number of rotatable bonds is 5. The van der Waals surface area contributed by atoms with E-state index >= 15 is 0 Å². The number of H-pyrrole nitrogens is 2. The molecule has 0 bridgehead atoms. The lowest BCUT2D eigenvalue weighted by molar-refractivity contribution is 1.29. The van der Waals surface area contributed by atoms with Crippen LogP contribution in [0.5, 0.6) is 0 Å². The third-order valence-electron chi connectivity index (χ3n) is 12.4. The lowest BCUT2D eigenvalue weighted by Gasteiger charge is -2.45. The highest BCUT2D eigenvalue weighted by molar-refractivity contribution is 7.21. The van der Waals surface area contributed by atoms with Gasteiger partial charge in [0, 0.05) is 60.8 Å². The van der Waals surface area contributed by atoms with Crippen molar-refractivity contribution < 1.29 is 0 Å². The van der Waals surface area contributed by atoms with Gasteiger partial charge in [-0.15, -0.1) is 0 Å². The zero-order chi connectivity index (χ0) is 38.2. The first-order chi connectivity index (χ1) is 28.8. The molecule has 1 aliphatic rings. The van der Waals surface area contributed by atoms with Crippen molar-refractivity contribution in [1.29, 1.82) is 0 Å². The summed E-state index contributed by atoms with van der Waals surface area (Å²) < 4.78 is 0. The summed E-state index contributed by atoms with van der Waals surface area (Å²) in [7, 11) is -3.04. The molecule has 12 rings (SSSR count). The molecule has 9 aromatic carbocycles. The lowest BCUT2D eigenvalue weighted by atomic mass is 10.00. The largest absolute Gasteiger partial charge is 0.354 e. The van der Waals surface area contributed by atoms with Gasteiger partial charge in [-0.1, -0.05) is 176 Å². The van der Waals surface area contributed by atoms with Gasteiger partial charge < -0.3 is 14.9 Å². The monoisotopic (exact) mass is 755 g/mol. The van der Waals surface area contributed by atoms with E-state index in [-0.39, 0.29) is 0 Å². The van der Waals surface area contributed by atoms with Crippen molar-refractivity contribution in [3.05, 3.63) is 212 Å². The van der Waals surface area contributed by atoms with Gasteiger partial charge in [0.1, 0.15) is 0 Å². The van der Waals surface area contributed by atoms with Crippen LogP contribution in [0, 0.1) is 0 Å². The van der Waals surface area contributed by atoms with Crippen molar-refractivity contribution in [3.63, 3.8) is 0 Å². The van der Waals surface area contributed by atoms with E-state index in [4.69, 9.17) is 0 Å². The second-order valence-corrected chi connectivity index (χ2v) is 19.1. The normalized spacial score (nSPS) is 13.3. The van der Waals surface area contributed by atoms with Gasteiger partial charge in [0.05, 0.1) is 11.0 Å². The predicted octanol–water partition coefficient (Wildman–Crippen LogP) is 11.5. The van der Waals surface area contributed by atoms with E-state index in [1.54, 1.807) is 0 Å². The van der Waals surface area contributed by atoms with Crippen molar-refractivity contribution in [2.75, 3.05) is 4.90 Å². The molecule has 0 atom stereocenters. The van der Waals surface area contributed by atoms with Crippen molar-refractivity contribution in [3.8, 4) is 22.3 Å². The van der Waals surface area contributed by atoms with Gasteiger partial charge in [0.2, 0.25) is 0 Å². The zero-order valence-electron chi connectivity index (χ0n) is 31.7. The number of hydrogen-bond donors (Lipinski definition) is 2. The standard InChI is InChI=1S/C54H37N3Si/c1-4-16-38(17-5-1)57-49-32-30-36(41-24-14-26-45-43-22-10-12-28-47(43)55-53(41)45)34-51(49)58(39-18-6-2-7-19-39,40-20-8-3-9-21-40)52-35-37(31-33-50(52)57)42-25-15-27-46-44-23-11-13-29-48(44)56-54(42)46/h1-35,55-56H. The molecule has 3 nitrogen and oxygen atoms in total. The van der Waals surface area contributed by atoms with Crippen LogP contribution in [-0.4, -0.2) is 18.0 Å². The quantitative estimate of drug-likeness (QED) is 0.169. The predicted molar refractivity (Wildman–Crippen MR) is 248 cm³/mol. The SMILES string of the molecule is c1ccc(N2c3ccc(-c4cccc5c4[nH]c4ccccc45)cc3[Si](c3ccccc3)(c3ccccc3)c3cc(-c4cccc5c4[nH]c4ccccc45)ccc32)cc1. The van der Waals surface area contributed by atoms with Crippen LogP contribution in [0.4, 0.5) is 17.1 Å². The average Bonchev–Trinajstić information content (AvgIpc) is 3.88. The van der Waals surface area contributed by atoms with E-state index in [1.807, 2.05) is 0 Å². The number of fused-ring (bicyclic) bond motifs is 8. The maximum Gasteiger partial charge on any atom is 0.184 e. The molecule has 3 heterocycles. The molecule has 2 N–H and O–H groups in total. The molecule has 2 aromatic heterocycles. The number of para-hydroxylation sites is 5. The third-order valence-corrected chi connectivity index (χ3v) is 17.2. The van der Waals surface area contributed by atoms with Gasteiger partial charge in [0.15, 0.2) is 8.07 Å². The Morgan fingerprint density at radius 1 is 0.345 bits per heavy atom. The molecule has 0 amide bonds. The Kier molecular flexibility index (Phi) is 7.25. The minimum Gasteiger partial charge on any atom is -0.354 e. The Morgan fingerprint density at radius 3 is 1.24 bits per heavy atom. The fourth-order valence-electron chi connectivity index (χ4n) is 9.92. The number of aromatic nitrogens is 2. The van der Waals surface area contributed by atoms with Gasteiger partial charge in [-0.05, 0) is 68.3 Å². The molecule has 0 saturated carbocycles. The Bertz CT molecular complexity index is 3140. The molecular weight excluding hydrogens is 719 g/mol. The van der Waals surface area contributed by atoms with Crippen LogP contribution in [0.3, 0.4) is 0 Å². The first kappa shape index (κ1) is 32.8. The first-order valence-corrected chi connectivity index (χ1v) is 22.0. The number of hydrogen-bond acceptors (Lipinski definition) is 1. The van der Waals surface area contributed by atoms with Gasteiger partial charge in [-0.2, -0.15) is 0 Å². The lowest BCUT2D eigenvalue weighted by Crippen LogP contribution is -2.77. The zero-order valence-corrected chi connectivity index (χ0v) is 32.7. The van der Waals surface area contributed by atoms with E-state index in [0.717, 1.165) is 16.7 Å². The van der Waals surface area contributed by atoms with Crippen LogP contribution >= 0.6 is 0 Å². The highest BCUT2D eigenvalue weighted by atomic mass is 28.3. The Morgan fingerprint density at radius 2 is 0.759 bits per heavy atom. The van der Waals surface area contributed by atoms with Crippen molar-refractivity contribution in [2.24, 2.45) is 0 Å². The summed E-state index contributed by atoms with van der Waals surface area (Å²) in [6, 6.07) is 78.8. The van der Waals surface area contributed by atoms with Gasteiger partial charge in [-0.25, -0.2) is 0 Å². The van der Waals surface area contributed by atoms with Gasteiger partial charge >= 0.3 is 0 Å². The van der Waals surface area contributed by atoms with Crippen LogP contribution in [0.25, 0.3) is 65.9 Å². The van der Waals surface area contributed by atoms with E-state index in [2.05, 4.69) is 227 Å². The molecule has 0 spiro atoms. The summed E-state index contributed by atoms with van der Waals surface area (Å²) in [5.41, 5.74) is 13.0. The fourth-order valence-corrected chi connectivity index (χ4v) is 15.1. The summed E-state index contributed by atoms with van der Waals surface area (Å²) in [4.78, 5) is 10.1. The molecule has 0 saturated heterocycles. The fraction of sp³-hybridized carbons (Fsp3) is 0. The molecule has 0 aliphatic carbocycles. The molecule has 0 radical (unpaired) electrons. The number of nitrogens with zero attached hydrogens (tertiary/aromatic N) is 1. The van der Waals surface area contributed by atoms with E-state index < -0.39 is 8.07 Å². The maximum absolute atomic E-state index is 3.81. The average molecular weight is 756 g/mol. The summed E-state index contributed by atoms with van der Waals surface area (Å²) in [6.45, 7) is 0. The summed E-state index contributed by atoms with van der Waals surface area (Å²) in [5, 5.41) is 10.4. The highest BCUT2D eigenvalue weighted by Gasteiger charge is 2.49. The number of benzene rings is 9. The third kappa shape index (κ3) is 4.73. The second-order valence-electron chi connectivity index (χ2n) is 15.4. The van der Waals surface area contributed by atoms with Crippen molar-refractivity contribution >= 4 is 89.5 Å². The van der Waals surface area contributed by atoms with Crippen molar-refractivity contribution in [2.45, 2.75) is 0 Å². The number of aromatic amines is 2. The minimum atomic E-state index is -3.04. The molecule has 4 heteroatoms. The van der Waals surface area contributed by atoms with Gasteiger partial charge in [-0.3, -0.25) is 0 Å². The van der Waals surface area contributed by atoms with Crippen molar-refractivity contribution in [1.82, 2.24) is 9.97 Å². The van der Waals surface area contributed by atoms with Gasteiger partial charge in [0.25, 0.3) is 0 Å². The van der Waals surface area contributed by atoms with Crippen LogP contribution in [0.2, 0.25) is 0 Å². The Hall–Kier alpha value is -7.40. The molecule has 58 heavy (non-hydrogen) atoms. The highest BCUT2D eigenvalue weighted by Crippen LogP contribution is 2.42. The van der Waals surface area contributed by atoms with E-state index in [0.29, 0.717) is 0 Å². The molecular formula is C54H37N3Si. The molecule has 1 aliphatic heterocycles. The Labute approximate surface area is 337 Å². The smallest absolute Gasteiger partial charge is 0.184 e. The summed E-state index contributed by atoms with van der Waals surface area (Å²) in [6.07, 6.45) is 0. The molecule has 272 valence electrons. The molecule has 0 unspecified atom stereocenters. The first-order valence-electron chi connectivity index (χ1n) is 20.0. The van der Waals surface area contributed by atoms with E-state index in [1.165, 1.54) is 87.0 Å². The Balaban J connectivity index is 1.20.